The minimum atomic E-state index is -2.08. The Morgan fingerprint density at radius 1 is 1.62 bits per heavy atom. The van der Waals surface area contributed by atoms with Crippen molar-refractivity contribution in [1.29, 1.82) is 0 Å². The molecule has 2 heterocycles. The average Bonchev–Trinajstić information content (AvgIpc) is 2.64. The minimum Gasteiger partial charge on any atom is -0.391 e. The molecule has 0 aromatic carbocycles. The summed E-state index contributed by atoms with van der Waals surface area (Å²) in [4.78, 5) is 18.9. The molecular weight excluding hydrogens is 280 g/mol. The van der Waals surface area contributed by atoms with Gasteiger partial charge in [0.1, 0.15) is 18.5 Å². The number of rotatable bonds is 2. The number of aromatic nitrogens is 3. The molecule has 1 aromatic rings. The van der Waals surface area contributed by atoms with Crippen molar-refractivity contribution >= 4 is 5.95 Å². The quantitative estimate of drug-likeness (QED) is 0.443. The molecule has 0 aliphatic carbocycles. The van der Waals surface area contributed by atoms with Gasteiger partial charge in [0.05, 0.1) is 6.10 Å². The third-order valence-electron chi connectivity index (χ3n) is 3.22. The molecule has 0 spiro atoms. The van der Waals surface area contributed by atoms with Crippen LogP contribution < -0.4 is 11.4 Å². The van der Waals surface area contributed by atoms with Crippen LogP contribution in [-0.2, 0) is 4.74 Å². The summed E-state index contributed by atoms with van der Waals surface area (Å²) in [6.07, 6.45) is -4.05. The van der Waals surface area contributed by atoms with E-state index in [1.54, 1.807) is 0 Å². The van der Waals surface area contributed by atoms with Crippen LogP contribution in [0.2, 0.25) is 0 Å². The maximum atomic E-state index is 11.9. The number of aliphatic hydroxyl groups excluding tert-OH is 2. The number of ether oxygens (including phenoxy) is 1. The summed E-state index contributed by atoms with van der Waals surface area (Å²) in [6.45, 7) is 2.85. The summed E-state index contributed by atoms with van der Waals surface area (Å²) < 4.78 is 6.27. The van der Waals surface area contributed by atoms with Crippen molar-refractivity contribution in [2.75, 3.05) is 5.73 Å². The number of aliphatic hydroxyl groups is 3. The molecule has 0 amide bonds. The van der Waals surface area contributed by atoms with E-state index in [2.05, 4.69) is 21.8 Å². The lowest BCUT2D eigenvalue weighted by molar-refractivity contribution is -0.0888. The normalized spacial score (nSPS) is 33.3. The highest BCUT2D eigenvalue weighted by atomic mass is 16.6. The fraction of sp³-hybridized carbons (Fsp3) is 0.583. The summed E-state index contributed by atoms with van der Waals surface area (Å²) in [7, 11) is 0. The van der Waals surface area contributed by atoms with Gasteiger partial charge >= 0.3 is 5.69 Å². The standard InChI is InChI=1S/C12H16N4O5/c1-3-4-12(20)8(18)7(6(2)17)21-9(12)16-5-14-10(13)15-11(16)19/h5-9,17-18,20H,1-2H3,(H2,13,15,19)/t6-,7-,8+,9-,12?/m1/s1. The Kier molecular flexibility index (Phi) is 3.97. The Hall–Kier alpha value is -1.99. The molecule has 0 saturated carbocycles. The van der Waals surface area contributed by atoms with Crippen molar-refractivity contribution in [1.82, 2.24) is 14.5 Å². The van der Waals surface area contributed by atoms with Crippen LogP contribution in [0, 0.1) is 11.8 Å². The van der Waals surface area contributed by atoms with Gasteiger partial charge in [-0.15, -0.1) is 5.92 Å². The largest absolute Gasteiger partial charge is 0.391 e. The number of hydrogen-bond donors (Lipinski definition) is 4. The van der Waals surface area contributed by atoms with Crippen molar-refractivity contribution in [3.63, 3.8) is 0 Å². The zero-order chi connectivity index (χ0) is 15.8. The lowest BCUT2D eigenvalue weighted by atomic mass is 9.93. The molecular formula is C12H16N4O5. The highest BCUT2D eigenvalue weighted by Crippen LogP contribution is 2.38. The third kappa shape index (κ3) is 2.50. The van der Waals surface area contributed by atoms with Crippen LogP contribution in [0.3, 0.4) is 0 Å². The lowest BCUT2D eigenvalue weighted by Gasteiger charge is -2.26. The van der Waals surface area contributed by atoms with Gasteiger partial charge in [-0.3, -0.25) is 4.57 Å². The highest BCUT2D eigenvalue weighted by molar-refractivity contribution is 5.22. The molecule has 1 unspecified atom stereocenters. The molecule has 0 bridgehead atoms. The predicted molar refractivity (Wildman–Crippen MR) is 70.7 cm³/mol. The van der Waals surface area contributed by atoms with Crippen molar-refractivity contribution in [2.45, 2.75) is 44.0 Å². The number of anilines is 1. The van der Waals surface area contributed by atoms with Crippen molar-refractivity contribution in [2.24, 2.45) is 0 Å². The molecule has 2 rings (SSSR count). The number of nitrogens with two attached hydrogens (primary N) is 1. The number of nitrogens with zero attached hydrogens (tertiary/aromatic N) is 3. The van der Waals surface area contributed by atoms with E-state index in [-0.39, 0.29) is 5.95 Å². The van der Waals surface area contributed by atoms with E-state index in [1.165, 1.54) is 13.8 Å². The van der Waals surface area contributed by atoms with Crippen LogP contribution in [0.15, 0.2) is 11.1 Å². The lowest BCUT2D eigenvalue weighted by Crippen LogP contribution is -2.48. The SMILES string of the molecule is CC#CC1(O)[C@@H](O)[C@@H]([C@@H](C)O)O[C@H]1n1cnc(N)nc1=O. The summed E-state index contributed by atoms with van der Waals surface area (Å²) >= 11 is 0. The van der Waals surface area contributed by atoms with Crippen molar-refractivity contribution in [3.05, 3.63) is 16.8 Å². The molecule has 21 heavy (non-hydrogen) atoms. The molecule has 5 atom stereocenters. The fourth-order valence-electron chi connectivity index (χ4n) is 2.23. The van der Waals surface area contributed by atoms with Gasteiger partial charge in [-0.1, -0.05) is 5.92 Å². The van der Waals surface area contributed by atoms with Crippen LogP contribution in [-0.4, -0.2) is 53.8 Å². The summed E-state index contributed by atoms with van der Waals surface area (Å²) in [6, 6.07) is 0. The molecule has 1 saturated heterocycles. The van der Waals surface area contributed by atoms with Gasteiger partial charge in [0, 0.05) is 0 Å². The van der Waals surface area contributed by atoms with Crippen LogP contribution in [0.25, 0.3) is 0 Å². The molecule has 1 fully saturated rings. The molecule has 5 N–H and O–H groups in total. The number of nitrogen functional groups attached to an aromatic ring is 1. The summed E-state index contributed by atoms with van der Waals surface area (Å²) in [5, 5.41) is 30.4. The number of hydrogen-bond acceptors (Lipinski definition) is 8. The van der Waals surface area contributed by atoms with E-state index in [9.17, 15) is 20.1 Å². The van der Waals surface area contributed by atoms with E-state index in [1.807, 2.05) is 0 Å². The van der Waals surface area contributed by atoms with Gasteiger partial charge in [-0.05, 0) is 13.8 Å². The van der Waals surface area contributed by atoms with Gasteiger partial charge in [0.25, 0.3) is 0 Å². The van der Waals surface area contributed by atoms with Crippen LogP contribution >= 0.6 is 0 Å². The average molecular weight is 296 g/mol. The van der Waals surface area contributed by atoms with Gasteiger partial charge < -0.3 is 25.8 Å². The zero-order valence-corrected chi connectivity index (χ0v) is 11.5. The van der Waals surface area contributed by atoms with E-state index >= 15 is 0 Å². The first-order chi connectivity index (χ1) is 9.81. The van der Waals surface area contributed by atoms with Crippen LogP contribution in [0.1, 0.15) is 20.1 Å². The highest BCUT2D eigenvalue weighted by Gasteiger charge is 2.57. The molecule has 1 aliphatic rings. The maximum Gasteiger partial charge on any atom is 0.354 e. The molecule has 0 radical (unpaired) electrons. The summed E-state index contributed by atoms with van der Waals surface area (Å²) in [5.74, 6) is 4.66. The zero-order valence-electron chi connectivity index (χ0n) is 11.5. The molecule has 9 nitrogen and oxygen atoms in total. The van der Waals surface area contributed by atoms with E-state index < -0.39 is 35.8 Å². The second kappa shape index (κ2) is 5.42. The minimum absolute atomic E-state index is 0.230. The first-order valence-electron chi connectivity index (χ1n) is 6.19. The molecule has 114 valence electrons. The molecule has 1 aromatic heterocycles. The fourth-order valence-corrected chi connectivity index (χ4v) is 2.23. The first-order valence-corrected chi connectivity index (χ1v) is 6.19. The first kappa shape index (κ1) is 15.4. The Labute approximate surface area is 120 Å². The van der Waals surface area contributed by atoms with E-state index in [0.29, 0.717) is 0 Å². The van der Waals surface area contributed by atoms with E-state index in [0.717, 1.165) is 10.9 Å². The van der Waals surface area contributed by atoms with Crippen molar-refractivity contribution in [3.8, 4) is 11.8 Å². The Morgan fingerprint density at radius 2 is 2.29 bits per heavy atom. The van der Waals surface area contributed by atoms with Gasteiger partial charge in [0.15, 0.2) is 11.8 Å². The predicted octanol–water partition coefficient (Wildman–Crippen LogP) is -2.39. The van der Waals surface area contributed by atoms with Crippen molar-refractivity contribution < 1.29 is 20.1 Å². The smallest absolute Gasteiger partial charge is 0.354 e. The second-order valence-corrected chi connectivity index (χ2v) is 4.74. The maximum absolute atomic E-state index is 11.9. The Morgan fingerprint density at radius 3 is 2.81 bits per heavy atom. The molecule has 9 heteroatoms. The Bertz CT molecular complexity index is 649. The molecule has 1 aliphatic heterocycles. The second-order valence-electron chi connectivity index (χ2n) is 4.74. The monoisotopic (exact) mass is 296 g/mol. The van der Waals surface area contributed by atoms with Gasteiger partial charge in [-0.25, -0.2) is 9.78 Å². The van der Waals surface area contributed by atoms with Crippen LogP contribution in [0.5, 0.6) is 0 Å². The topological polar surface area (TPSA) is 144 Å². The summed E-state index contributed by atoms with van der Waals surface area (Å²) in [5.41, 5.74) is 2.40. The Balaban J connectivity index is 2.54. The third-order valence-corrected chi connectivity index (χ3v) is 3.22. The van der Waals surface area contributed by atoms with E-state index in [4.69, 9.17) is 10.5 Å². The van der Waals surface area contributed by atoms with Gasteiger partial charge in [0.2, 0.25) is 5.95 Å². The van der Waals surface area contributed by atoms with Gasteiger partial charge in [-0.2, -0.15) is 4.98 Å². The van der Waals surface area contributed by atoms with Crippen LogP contribution in [0.4, 0.5) is 5.95 Å².